The quantitative estimate of drug-likeness (QED) is 0.176. The van der Waals surface area contributed by atoms with Crippen LogP contribution in [0.2, 0.25) is 0 Å². The fraction of sp³-hybridized carbons (Fsp3) is 0.333. The number of anilines is 1. The van der Waals surface area contributed by atoms with Crippen LogP contribution in [0, 0.1) is 13.8 Å². The molecule has 0 aliphatic rings. The van der Waals surface area contributed by atoms with Gasteiger partial charge in [0, 0.05) is 31.5 Å². The van der Waals surface area contributed by atoms with Crippen LogP contribution in [0.25, 0.3) is 17.5 Å². The number of amidine groups is 1. The van der Waals surface area contributed by atoms with E-state index in [9.17, 15) is 13.2 Å². The summed E-state index contributed by atoms with van der Waals surface area (Å²) < 4.78 is 39.6. The third-order valence-electron chi connectivity index (χ3n) is 5.57. The average Bonchev–Trinajstić information content (AvgIpc) is 3.34. The van der Waals surface area contributed by atoms with Crippen LogP contribution in [0.4, 0.5) is 18.9 Å². The van der Waals surface area contributed by atoms with Gasteiger partial charge in [-0.15, -0.1) is 0 Å². The number of pyridine rings is 1. The molecule has 7 nitrogen and oxygen atoms in total. The van der Waals surface area contributed by atoms with Gasteiger partial charge in [-0.05, 0) is 61.9 Å². The Morgan fingerprint density at radius 2 is 1.80 bits per heavy atom. The second kappa shape index (κ2) is 16.0. The average molecular weight is 556 g/mol. The Labute approximate surface area is 235 Å². The van der Waals surface area contributed by atoms with Gasteiger partial charge in [0.25, 0.3) is 5.84 Å². The summed E-state index contributed by atoms with van der Waals surface area (Å²) >= 11 is 0. The Morgan fingerprint density at radius 1 is 1.15 bits per heavy atom. The Bertz CT molecular complexity index is 1310. The summed E-state index contributed by atoms with van der Waals surface area (Å²) in [7, 11) is 3.35. The molecule has 0 unspecified atom stereocenters. The standard InChI is InChI=1S/C16H17F3N6.C12H17N.C2H6/c1-5-13-9-12(10-24(4)23-15(20-3)16(17,18)19)22-25(13)14-11(2)7-6-8-21-14;1-5-9(2)11-8-6-7-10(3)12(11)13-4;1-2/h5-9H,1,3,10H2,2,4H3;6-8,13H,2,5H2,1,3-4H3;1-2H3/b23-15-;;. The number of aryl methyl sites for hydroxylation is 2. The number of nitrogens with one attached hydrogen (secondary N) is 1. The smallest absolute Gasteiger partial charge is 0.387 e. The summed E-state index contributed by atoms with van der Waals surface area (Å²) in [6, 6.07) is 11.7. The molecule has 0 amide bonds. The minimum atomic E-state index is -4.66. The van der Waals surface area contributed by atoms with E-state index in [1.54, 1.807) is 29.1 Å². The highest BCUT2D eigenvalue weighted by Gasteiger charge is 2.36. The Morgan fingerprint density at radius 3 is 2.33 bits per heavy atom. The van der Waals surface area contributed by atoms with E-state index < -0.39 is 12.0 Å². The van der Waals surface area contributed by atoms with Crippen LogP contribution in [0.15, 0.2) is 65.8 Å². The van der Waals surface area contributed by atoms with Crippen molar-refractivity contribution in [2.24, 2.45) is 10.1 Å². The predicted octanol–water partition coefficient (Wildman–Crippen LogP) is 7.71. The van der Waals surface area contributed by atoms with Crippen molar-refractivity contribution >= 4 is 29.9 Å². The number of aliphatic imine (C=N–C) groups is 1. The first-order valence-corrected chi connectivity index (χ1v) is 12.9. The van der Waals surface area contributed by atoms with Gasteiger partial charge in [0.05, 0.1) is 17.9 Å². The van der Waals surface area contributed by atoms with Gasteiger partial charge >= 0.3 is 6.18 Å². The van der Waals surface area contributed by atoms with Crippen molar-refractivity contribution in [1.29, 1.82) is 0 Å². The molecule has 0 spiro atoms. The molecular weight excluding hydrogens is 515 g/mol. The zero-order chi connectivity index (χ0) is 30.5. The lowest BCUT2D eigenvalue weighted by atomic mass is 10.0. The van der Waals surface area contributed by atoms with Crippen molar-refractivity contribution in [2.45, 2.75) is 53.8 Å². The highest BCUT2D eigenvalue weighted by molar-refractivity contribution is 5.90. The van der Waals surface area contributed by atoms with Crippen molar-refractivity contribution in [3.8, 4) is 5.82 Å². The molecule has 0 radical (unpaired) electrons. The minimum absolute atomic E-state index is 0.0504. The summed E-state index contributed by atoms with van der Waals surface area (Å²) in [6.45, 7) is 20.9. The topological polar surface area (TPSA) is 70.7 Å². The Kier molecular flexibility index (Phi) is 13.5. The number of alkyl halides is 3. The lowest BCUT2D eigenvalue weighted by Crippen LogP contribution is -2.25. The number of aromatic nitrogens is 3. The number of allylic oxidation sites excluding steroid dienone is 1. The first-order valence-electron chi connectivity index (χ1n) is 12.9. The van der Waals surface area contributed by atoms with E-state index in [-0.39, 0.29) is 6.54 Å². The third kappa shape index (κ3) is 9.21. The Hall–Kier alpha value is -4.21. The van der Waals surface area contributed by atoms with Crippen LogP contribution >= 0.6 is 0 Å². The van der Waals surface area contributed by atoms with E-state index in [1.807, 2.05) is 33.9 Å². The monoisotopic (exact) mass is 555 g/mol. The molecule has 1 aromatic carbocycles. The van der Waals surface area contributed by atoms with Crippen molar-refractivity contribution in [3.63, 3.8) is 0 Å². The lowest BCUT2D eigenvalue weighted by Gasteiger charge is -2.13. The number of rotatable bonds is 8. The van der Waals surface area contributed by atoms with Crippen LogP contribution in [0.1, 0.15) is 55.3 Å². The van der Waals surface area contributed by atoms with Crippen molar-refractivity contribution < 1.29 is 13.2 Å². The van der Waals surface area contributed by atoms with Gasteiger partial charge in [-0.1, -0.05) is 58.2 Å². The number of nitrogens with zero attached hydrogens (tertiary/aromatic N) is 6. The lowest BCUT2D eigenvalue weighted by molar-refractivity contribution is -0.0610. The molecule has 3 aromatic rings. The molecule has 10 heteroatoms. The highest BCUT2D eigenvalue weighted by atomic mass is 19.4. The summed E-state index contributed by atoms with van der Waals surface area (Å²) in [5.74, 6) is -0.683. The number of halogens is 3. The molecule has 1 N–H and O–H groups in total. The molecule has 0 saturated carbocycles. The summed E-state index contributed by atoms with van der Waals surface area (Å²) in [4.78, 5) is 7.20. The van der Waals surface area contributed by atoms with Crippen molar-refractivity contribution in [1.82, 2.24) is 19.8 Å². The molecule has 0 aliphatic heterocycles. The predicted molar refractivity (Wildman–Crippen MR) is 162 cm³/mol. The van der Waals surface area contributed by atoms with E-state index >= 15 is 0 Å². The van der Waals surface area contributed by atoms with E-state index in [0.717, 1.165) is 17.0 Å². The largest absolute Gasteiger partial charge is 0.453 e. The van der Waals surface area contributed by atoms with Gasteiger partial charge in [0.1, 0.15) is 0 Å². The van der Waals surface area contributed by atoms with E-state index in [2.05, 4.69) is 77.4 Å². The molecule has 0 bridgehead atoms. The van der Waals surface area contributed by atoms with Gasteiger partial charge in [0.15, 0.2) is 5.82 Å². The second-order valence-electron chi connectivity index (χ2n) is 8.42. The van der Waals surface area contributed by atoms with E-state index in [0.29, 0.717) is 17.2 Å². The van der Waals surface area contributed by atoms with Gasteiger partial charge in [-0.25, -0.2) is 14.7 Å². The summed E-state index contributed by atoms with van der Waals surface area (Å²) in [5.41, 5.74) is 6.99. The zero-order valence-corrected chi connectivity index (χ0v) is 24.5. The summed E-state index contributed by atoms with van der Waals surface area (Å²) in [6.07, 6.45) is -0.427. The third-order valence-corrected chi connectivity index (χ3v) is 5.57. The minimum Gasteiger partial charge on any atom is -0.387 e. The molecule has 0 atom stereocenters. The molecule has 40 heavy (non-hydrogen) atoms. The number of benzene rings is 1. The first-order chi connectivity index (χ1) is 19.0. The molecule has 0 saturated heterocycles. The van der Waals surface area contributed by atoms with E-state index in [4.69, 9.17) is 0 Å². The van der Waals surface area contributed by atoms with Crippen LogP contribution in [0.5, 0.6) is 0 Å². The summed E-state index contributed by atoms with van der Waals surface area (Å²) in [5, 5.41) is 12.1. The number of hydrazone groups is 1. The van der Waals surface area contributed by atoms with Crippen molar-refractivity contribution in [3.05, 3.63) is 83.8 Å². The second-order valence-corrected chi connectivity index (χ2v) is 8.42. The molecule has 0 aliphatic carbocycles. The fourth-order valence-electron chi connectivity index (χ4n) is 3.63. The maximum atomic E-state index is 12.7. The van der Waals surface area contributed by atoms with Gasteiger partial charge in [0.2, 0.25) is 0 Å². The normalized spacial score (nSPS) is 10.9. The molecular formula is C30H40F3N7. The maximum absolute atomic E-state index is 12.7. The van der Waals surface area contributed by atoms with Gasteiger partial charge in [-0.2, -0.15) is 23.4 Å². The fourth-order valence-corrected chi connectivity index (χ4v) is 3.63. The number of hydrogen-bond acceptors (Lipinski definition) is 5. The van der Waals surface area contributed by atoms with Gasteiger partial charge in [-0.3, -0.25) is 5.01 Å². The Balaban J connectivity index is 0.000000448. The van der Waals surface area contributed by atoms with Crippen molar-refractivity contribution in [2.75, 3.05) is 19.4 Å². The highest BCUT2D eigenvalue weighted by Crippen LogP contribution is 2.27. The number of hydrogen-bond donors (Lipinski definition) is 1. The molecule has 0 fully saturated rings. The molecule has 2 aromatic heterocycles. The van der Waals surface area contributed by atoms with Gasteiger partial charge < -0.3 is 5.32 Å². The molecule has 3 rings (SSSR count). The zero-order valence-electron chi connectivity index (χ0n) is 24.5. The van der Waals surface area contributed by atoms with Crippen LogP contribution in [-0.2, 0) is 6.54 Å². The van der Waals surface area contributed by atoms with Crippen LogP contribution < -0.4 is 5.32 Å². The van der Waals surface area contributed by atoms with Crippen LogP contribution in [0.3, 0.4) is 0 Å². The van der Waals surface area contributed by atoms with Crippen LogP contribution in [-0.4, -0.2) is 52.6 Å². The number of para-hydroxylation sites is 1. The van der Waals surface area contributed by atoms with E-state index in [1.165, 1.54) is 29.4 Å². The first kappa shape index (κ1) is 33.8. The maximum Gasteiger partial charge on any atom is 0.453 e. The molecule has 2 heterocycles. The SMILES string of the molecule is C=C(CC)c1cccc(C)c1NC.C=Cc1cc(CN(C)/N=C(\N=C)C(F)(F)F)nn1-c1ncccc1C.CC. The molecule has 216 valence electrons.